The van der Waals surface area contributed by atoms with Gasteiger partial charge >= 0.3 is 0 Å². The third-order valence-electron chi connectivity index (χ3n) is 4.90. The van der Waals surface area contributed by atoms with Crippen LogP contribution in [0.2, 0.25) is 10.0 Å². The Bertz CT molecular complexity index is 893. The van der Waals surface area contributed by atoms with Crippen molar-refractivity contribution in [3.8, 4) is 5.75 Å². The molecular formula is C23H27Cl2FN2O3. The van der Waals surface area contributed by atoms with Crippen molar-refractivity contribution in [2.45, 2.75) is 52.2 Å². The van der Waals surface area contributed by atoms with Gasteiger partial charge in [-0.25, -0.2) is 4.39 Å². The SMILES string of the molecule is CC[C@@H](C)NC(=O)[C@H](CC)N(Cc1ccc(F)cc1)C(=O)COc1ccc(Cl)cc1Cl. The topological polar surface area (TPSA) is 58.6 Å². The minimum atomic E-state index is -0.698. The van der Waals surface area contributed by atoms with Gasteiger partial charge in [-0.1, -0.05) is 49.2 Å². The molecule has 0 bridgehead atoms. The molecule has 5 nitrogen and oxygen atoms in total. The van der Waals surface area contributed by atoms with Crippen molar-refractivity contribution in [2.75, 3.05) is 6.61 Å². The third kappa shape index (κ3) is 7.40. The first-order valence-corrected chi connectivity index (χ1v) is 10.9. The van der Waals surface area contributed by atoms with E-state index in [1.165, 1.54) is 23.1 Å². The lowest BCUT2D eigenvalue weighted by Crippen LogP contribution is -2.51. The lowest BCUT2D eigenvalue weighted by molar-refractivity contribution is -0.143. The molecule has 0 saturated heterocycles. The van der Waals surface area contributed by atoms with Crippen LogP contribution in [-0.4, -0.2) is 35.4 Å². The number of hydrogen-bond acceptors (Lipinski definition) is 3. The number of carbonyl (C=O) groups is 2. The van der Waals surface area contributed by atoms with Crippen LogP contribution >= 0.6 is 23.2 Å². The average Bonchev–Trinajstić information content (AvgIpc) is 2.74. The highest BCUT2D eigenvalue weighted by molar-refractivity contribution is 6.35. The summed E-state index contributed by atoms with van der Waals surface area (Å²) in [5, 5.41) is 3.67. The van der Waals surface area contributed by atoms with E-state index in [2.05, 4.69) is 5.32 Å². The van der Waals surface area contributed by atoms with Crippen LogP contribution < -0.4 is 10.1 Å². The fraction of sp³-hybridized carbons (Fsp3) is 0.391. The second-order valence-corrected chi connectivity index (χ2v) is 8.10. The van der Waals surface area contributed by atoms with Crippen molar-refractivity contribution >= 4 is 35.0 Å². The Labute approximate surface area is 192 Å². The van der Waals surface area contributed by atoms with Gasteiger partial charge < -0.3 is 15.0 Å². The van der Waals surface area contributed by atoms with Gasteiger partial charge in [-0.2, -0.15) is 0 Å². The fourth-order valence-corrected chi connectivity index (χ4v) is 3.42. The smallest absolute Gasteiger partial charge is 0.261 e. The largest absolute Gasteiger partial charge is 0.482 e. The molecule has 2 aromatic carbocycles. The van der Waals surface area contributed by atoms with Gasteiger partial charge in [0.1, 0.15) is 17.6 Å². The molecule has 31 heavy (non-hydrogen) atoms. The fourth-order valence-electron chi connectivity index (χ4n) is 2.96. The predicted molar refractivity (Wildman–Crippen MR) is 121 cm³/mol. The van der Waals surface area contributed by atoms with Crippen LogP contribution in [0.15, 0.2) is 42.5 Å². The summed E-state index contributed by atoms with van der Waals surface area (Å²) in [5.74, 6) is -0.680. The molecule has 0 heterocycles. The maximum atomic E-state index is 13.3. The summed E-state index contributed by atoms with van der Waals surface area (Å²) in [6.45, 7) is 5.54. The molecule has 0 spiro atoms. The highest BCUT2D eigenvalue weighted by atomic mass is 35.5. The Hall–Kier alpha value is -2.31. The number of ether oxygens (including phenoxy) is 1. The number of halogens is 3. The number of carbonyl (C=O) groups excluding carboxylic acids is 2. The van der Waals surface area contributed by atoms with E-state index >= 15 is 0 Å². The Morgan fingerprint density at radius 1 is 1.10 bits per heavy atom. The van der Waals surface area contributed by atoms with Gasteiger partial charge in [0.15, 0.2) is 6.61 Å². The molecule has 0 aromatic heterocycles. The van der Waals surface area contributed by atoms with Crippen molar-refractivity contribution in [2.24, 2.45) is 0 Å². The van der Waals surface area contributed by atoms with E-state index in [1.54, 1.807) is 24.3 Å². The normalized spacial score (nSPS) is 12.7. The Kier molecular flexibility index (Phi) is 9.59. The second kappa shape index (κ2) is 11.9. The van der Waals surface area contributed by atoms with Crippen molar-refractivity contribution in [3.63, 3.8) is 0 Å². The van der Waals surface area contributed by atoms with Crippen LogP contribution in [0.3, 0.4) is 0 Å². The molecule has 0 aliphatic carbocycles. The monoisotopic (exact) mass is 468 g/mol. The number of nitrogens with one attached hydrogen (secondary N) is 1. The number of hydrogen-bond donors (Lipinski definition) is 1. The molecular weight excluding hydrogens is 442 g/mol. The van der Waals surface area contributed by atoms with E-state index in [4.69, 9.17) is 27.9 Å². The van der Waals surface area contributed by atoms with Gasteiger partial charge in [-0.05, 0) is 55.7 Å². The zero-order chi connectivity index (χ0) is 23.0. The maximum absolute atomic E-state index is 13.3. The summed E-state index contributed by atoms with van der Waals surface area (Å²) in [6.07, 6.45) is 1.18. The Morgan fingerprint density at radius 2 is 1.77 bits per heavy atom. The molecule has 2 aromatic rings. The number of benzene rings is 2. The lowest BCUT2D eigenvalue weighted by Gasteiger charge is -2.31. The predicted octanol–water partition coefficient (Wildman–Crippen LogP) is 5.23. The second-order valence-electron chi connectivity index (χ2n) is 7.25. The molecule has 0 fully saturated rings. The summed E-state index contributed by atoms with van der Waals surface area (Å²) < 4.78 is 18.9. The van der Waals surface area contributed by atoms with Crippen LogP contribution in [0.25, 0.3) is 0 Å². The highest BCUT2D eigenvalue weighted by Crippen LogP contribution is 2.27. The summed E-state index contributed by atoms with van der Waals surface area (Å²) in [4.78, 5) is 27.4. The number of nitrogens with zero attached hydrogens (tertiary/aromatic N) is 1. The van der Waals surface area contributed by atoms with E-state index in [9.17, 15) is 14.0 Å². The standard InChI is InChI=1S/C23H27Cl2FN2O3/c1-4-15(3)27-23(30)20(5-2)28(13-16-6-9-18(26)10-7-16)22(29)14-31-21-11-8-17(24)12-19(21)25/h6-12,15,20H,4-5,13-14H2,1-3H3,(H,27,30)/t15-,20+/m1/s1. The van der Waals surface area contributed by atoms with E-state index in [0.29, 0.717) is 22.8 Å². The van der Waals surface area contributed by atoms with Crippen LogP contribution in [0.1, 0.15) is 39.2 Å². The average molecular weight is 469 g/mol. The summed E-state index contributed by atoms with van der Waals surface area (Å²) in [5.41, 5.74) is 0.703. The van der Waals surface area contributed by atoms with Crippen molar-refractivity contribution in [1.82, 2.24) is 10.2 Å². The van der Waals surface area contributed by atoms with E-state index in [1.807, 2.05) is 20.8 Å². The molecule has 2 atom stereocenters. The Balaban J connectivity index is 2.22. The first-order valence-electron chi connectivity index (χ1n) is 10.2. The minimum Gasteiger partial charge on any atom is -0.482 e. The van der Waals surface area contributed by atoms with Crippen molar-refractivity contribution < 1.29 is 18.7 Å². The van der Waals surface area contributed by atoms with Gasteiger partial charge in [-0.3, -0.25) is 9.59 Å². The third-order valence-corrected chi connectivity index (χ3v) is 5.43. The van der Waals surface area contributed by atoms with Gasteiger partial charge in [0.25, 0.3) is 5.91 Å². The minimum absolute atomic E-state index is 0.0200. The Morgan fingerprint density at radius 3 is 2.35 bits per heavy atom. The molecule has 0 aliphatic heterocycles. The molecule has 2 rings (SSSR count). The van der Waals surface area contributed by atoms with Crippen molar-refractivity contribution in [3.05, 3.63) is 63.9 Å². The van der Waals surface area contributed by atoms with E-state index in [0.717, 1.165) is 6.42 Å². The molecule has 0 radical (unpaired) electrons. The summed E-state index contributed by atoms with van der Waals surface area (Å²) in [6, 6.07) is 9.81. The van der Waals surface area contributed by atoms with E-state index in [-0.39, 0.29) is 41.8 Å². The molecule has 8 heteroatoms. The highest BCUT2D eigenvalue weighted by Gasteiger charge is 2.29. The number of rotatable bonds is 10. The van der Waals surface area contributed by atoms with Gasteiger partial charge in [0.05, 0.1) is 5.02 Å². The van der Waals surface area contributed by atoms with Gasteiger partial charge in [0, 0.05) is 17.6 Å². The first-order chi connectivity index (χ1) is 14.7. The molecule has 1 N–H and O–H groups in total. The van der Waals surface area contributed by atoms with Gasteiger partial charge in [0.2, 0.25) is 5.91 Å². The van der Waals surface area contributed by atoms with Crippen LogP contribution in [-0.2, 0) is 16.1 Å². The van der Waals surface area contributed by atoms with Crippen LogP contribution in [0, 0.1) is 5.82 Å². The lowest BCUT2D eigenvalue weighted by atomic mass is 10.1. The summed E-state index contributed by atoms with van der Waals surface area (Å²) in [7, 11) is 0. The zero-order valence-corrected chi connectivity index (χ0v) is 19.3. The zero-order valence-electron chi connectivity index (χ0n) is 17.8. The first kappa shape index (κ1) is 25.0. The molecule has 0 aliphatic rings. The summed E-state index contributed by atoms with van der Waals surface area (Å²) >= 11 is 12.0. The number of amides is 2. The van der Waals surface area contributed by atoms with Crippen LogP contribution in [0.4, 0.5) is 4.39 Å². The van der Waals surface area contributed by atoms with Gasteiger partial charge in [-0.15, -0.1) is 0 Å². The van der Waals surface area contributed by atoms with E-state index < -0.39 is 6.04 Å². The maximum Gasteiger partial charge on any atom is 0.261 e. The molecule has 168 valence electrons. The molecule has 2 amide bonds. The quantitative estimate of drug-likeness (QED) is 0.518. The molecule has 0 unspecified atom stereocenters. The van der Waals surface area contributed by atoms with Crippen LogP contribution in [0.5, 0.6) is 5.75 Å². The molecule has 0 saturated carbocycles. The van der Waals surface area contributed by atoms with Crippen molar-refractivity contribution in [1.29, 1.82) is 0 Å².